The Morgan fingerprint density at radius 2 is 1.85 bits per heavy atom. The molecular weight excluding hydrogens is 350 g/mol. The number of halogens is 1. The van der Waals surface area contributed by atoms with Gasteiger partial charge in [-0.3, -0.25) is 9.69 Å². The van der Waals surface area contributed by atoms with Gasteiger partial charge in [0, 0.05) is 48.6 Å². The molecule has 138 valence electrons. The van der Waals surface area contributed by atoms with Crippen molar-refractivity contribution >= 4 is 28.9 Å². The minimum atomic E-state index is -0.193. The molecule has 5 nitrogen and oxygen atoms in total. The minimum absolute atomic E-state index is 0.0119. The number of hydrogen-bond acceptors (Lipinski definition) is 4. The molecule has 3 rings (SSSR count). The Morgan fingerprint density at radius 1 is 1.12 bits per heavy atom. The quantitative estimate of drug-likeness (QED) is 0.871. The van der Waals surface area contributed by atoms with Crippen LogP contribution in [0, 0.1) is 0 Å². The molecule has 6 heteroatoms. The maximum absolute atomic E-state index is 12.5. The van der Waals surface area contributed by atoms with Crippen LogP contribution in [0.2, 0.25) is 5.02 Å². The van der Waals surface area contributed by atoms with Gasteiger partial charge in [-0.05, 0) is 37.3 Å². The maximum Gasteiger partial charge on any atom is 0.241 e. The van der Waals surface area contributed by atoms with Gasteiger partial charge in [0.2, 0.25) is 5.91 Å². The van der Waals surface area contributed by atoms with Crippen LogP contribution in [0.1, 0.15) is 6.92 Å². The molecule has 0 aliphatic carbocycles. The number of anilines is 2. The highest BCUT2D eigenvalue weighted by Gasteiger charge is 2.25. The van der Waals surface area contributed by atoms with Gasteiger partial charge in [0.15, 0.2) is 0 Å². The Kier molecular flexibility index (Phi) is 6.01. The third kappa shape index (κ3) is 4.48. The zero-order chi connectivity index (χ0) is 18.5. The SMILES string of the molecule is COc1cccc(N2CCN([C@H](C)C(=O)Nc3cccc(Cl)c3)CC2)c1. The van der Waals surface area contributed by atoms with E-state index in [1.54, 1.807) is 19.2 Å². The van der Waals surface area contributed by atoms with Gasteiger partial charge >= 0.3 is 0 Å². The molecule has 26 heavy (non-hydrogen) atoms. The second kappa shape index (κ2) is 8.43. The fourth-order valence-electron chi connectivity index (χ4n) is 3.15. The maximum atomic E-state index is 12.5. The molecule has 1 amide bonds. The van der Waals surface area contributed by atoms with Crippen LogP contribution in [0.5, 0.6) is 5.75 Å². The molecule has 2 aromatic carbocycles. The fourth-order valence-corrected chi connectivity index (χ4v) is 3.34. The van der Waals surface area contributed by atoms with Crippen LogP contribution in [0.3, 0.4) is 0 Å². The number of carbonyl (C=O) groups is 1. The van der Waals surface area contributed by atoms with Crippen LogP contribution in [0.25, 0.3) is 0 Å². The van der Waals surface area contributed by atoms with Crippen molar-refractivity contribution < 1.29 is 9.53 Å². The molecular formula is C20H24ClN3O2. The second-order valence-electron chi connectivity index (χ2n) is 6.40. The van der Waals surface area contributed by atoms with Gasteiger partial charge in [0.05, 0.1) is 13.2 Å². The van der Waals surface area contributed by atoms with Crippen LogP contribution in [0.15, 0.2) is 48.5 Å². The highest BCUT2D eigenvalue weighted by Crippen LogP contribution is 2.23. The first-order valence-electron chi connectivity index (χ1n) is 8.76. The average molecular weight is 374 g/mol. The van der Waals surface area contributed by atoms with E-state index in [0.717, 1.165) is 43.3 Å². The van der Waals surface area contributed by atoms with Crippen molar-refractivity contribution in [2.75, 3.05) is 43.5 Å². The Hall–Kier alpha value is -2.24. The lowest BCUT2D eigenvalue weighted by Gasteiger charge is -2.38. The highest BCUT2D eigenvalue weighted by atomic mass is 35.5. The van der Waals surface area contributed by atoms with Gasteiger partial charge in [0.25, 0.3) is 0 Å². The predicted octanol–water partition coefficient (Wildman–Crippen LogP) is 3.50. The summed E-state index contributed by atoms with van der Waals surface area (Å²) in [6.45, 7) is 5.37. The number of hydrogen-bond donors (Lipinski definition) is 1. The Labute approximate surface area is 159 Å². The number of rotatable bonds is 5. The van der Waals surface area contributed by atoms with Crippen molar-refractivity contribution in [3.05, 3.63) is 53.6 Å². The average Bonchev–Trinajstić information content (AvgIpc) is 2.67. The first-order valence-corrected chi connectivity index (χ1v) is 9.14. The van der Waals surface area contributed by atoms with Crippen LogP contribution in [0.4, 0.5) is 11.4 Å². The summed E-state index contributed by atoms with van der Waals surface area (Å²) in [4.78, 5) is 17.1. The number of nitrogens with one attached hydrogen (secondary N) is 1. The Balaban J connectivity index is 1.56. The number of amides is 1. The molecule has 0 saturated carbocycles. The van der Waals surface area contributed by atoms with Gasteiger partial charge in [-0.25, -0.2) is 0 Å². The molecule has 0 radical (unpaired) electrons. The number of piperazine rings is 1. The van der Waals surface area contributed by atoms with Crippen molar-refractivity contribution in [2.45, 2.75) is 13.0 Å². The molecule has 0 bridgehead atoms. The zero-order valence-corrected chi connectivity index (χ0v) is 15.9. The fraction of sp³-hybridized carbons (Fsp3) is 0.350. The summed E-state index contributed by atoms with van der Waals surface area (Å²) >= 11 is 5.98. The monoisotopic (exact) mass is 373 g/mol. The van der Waals surface area contributed by atoms with E-state index in [-0.39, 0.29) is 11.9 Å². The molecule has 1 N–H and O–H groups in total. The molecule has 0 aromatic heterocycles. The van der Waals surface area contributed by atoms with E-state index in [1.807, 2.05) is 37.3 Å². The van der Waals surface area contributed by atoms with E-state index in [4.69, 9.17) is 16.3 Å². The molecule has 0 spiro atoms. The smallest absolute Gasteiger partial charge is 0.241 e. The molecule has 1 atom stereocenters. The number of benzene rings is 2. The first kappa shape index (κ1) is 18.5. The van der Waals surface area contributed by atoms with E-state index in [2.05, 4.69) is 21.2 Å². The van der Waals surface area contributed by atoms with Crippen molar-refractivity contribution in [1.82, 2.24) is 4.90 Å². The lowest BCUT2D eigenvalue weighted by molar-refractivity contribution is -0.120. The van der Waals surface area contributed by atoms with Crippen LogP contribution >= 0.6 is 11.6 Å². The van der Waals surface area contributed by atoms with Crippen molar-refractivity contribution in [2.24, 2.45) is 0 Å². The molecule has 1 aliphatic heterocycles. The van der Waals surface area contributed by atoms with Gasteiger partial charge in [0.1, 0.15) is 5.75 Å². The number of nitrogens with zero attached hydrogens (tertiary/aromatic N) is 2. The van der Waals surface area contributed by atoms with Gasteiger partial charge in [-0.2, -0.15) is 0 Å². The van der Waals surface area contributed by atoms with E-state index in [1.165, 1.54) is 0 Å². The van der Waals surface area contributed by atoms with Crippen molar-refractivity contribution in [1.29, 1.82) is 0 Å². The predicted molar refractivity (Wildman–Crippen MR) is 106 cm³/mol. The molecule has 1 saturated heterocycles. The third-order valence-corrected chi connectivity index (χ3v) is 4.99. The minimum Gasteiger partial charge on any atom is -0.497 e. The summed E-state index contributed by atoms with van der Waals surface area (Å²) in [6, 6.07) is 15.1. The highest BCUT2D eigenvalue weighted by molar-refractivity contribution is 6.30. The first-order chi connectivity index (χ1) is 12.6. The Bertz CT molecular complexity index is 760. The summed E-state index contributed by atoms with van der Waals surface area (Å²) in [5.41, 5.74) is 1.88. The van der Waals surface area contributed by atoms with Gasteiger partial charge in [-0.1, -0.05) is 23.7 Å². The van der Waals surface area contributed by atoms with E-state index in [0.29, 0.717) is 5.02 Å². The second-order valence-corrected chi connectivity index (χ2v) is 6.84. The van der Waals surface area contributed by atoms with Crippen LogP contribution in [-0.2, 0) is 4.79 Å². The zero-order valence-electron chi connectivity index (χ0n) is 15.1. The Morgan fingerprint density at radius 3 is 2.54 bits per heavy atom. The van der Waals surface area contributed by atoms with E-state index >= 15 is 0 Å². The van der Waals surface area contributed by atoms with E-state index in [9.17, 15) is 4.79 Å². The number of carbonyl (C=O) groups excluding carboxylic acids is 1. The number of methoxy groups -OCH3 is 1. The van der Waals surface area contributed by atoms with Gasteiger partial charge in [-0.15, -0.1) is 0 Å². The molecule has 1 heterocycles. The third-order valence-electron chi connectivity index (χ3n) is 4.75. The summed E-state index contributed by atoms with van der Waals surface area (Å²) in [6.07, 6.45) is 0. The largest absolute Gasteiger partial charge is 0.497 e. The summed E-state index contributed by atoms with van der Waals surface area (Å²) in [5.74, 6) is 0.848. The normalized spacial score (nSPS) is 16.2. The molecule has 2 aromatic rings. The topological polar surface area (TPSA) is 44.8 Å². The lowest BCUT2D eigenvalue weighted by Crippen LogP contribution is -2.52. The van der Waals surface area contributed by atoms with Crippen molar-refractivity contribution in [3.63, 3.8) is 0 Å². The van der Waals surface area contributed by atoms with Gasteiger partial charge < -0.3 is 15.0 Å². The molecule has 1 aliphatic rings. The van der Waals surface area contributed by atoms with Crippen LogP contribution < -0.4 is 15.0 Å². The van der Waals surface area contributed by atoms with Crippen LogP contribution in [-0.4, -0.2) is 50.1 Å². The lowest BCUT2D eigenvalue weighted by atomic mass is 10.2. The summed E-state index contributed by atoms with van der Waals surface area (Å²) < 4.78 is 5.30. The summed E-state index contributed by atoms with van der Waals surface area (Å²) in [7, 11) is 1.68. The molecule has 0 unspecified atom stereocenters. The standard InChI is InChI=1S/C20H24ClN3O2/c1-15(20(25)22-17-6-3-5-16(21)13-17)23-9-11-24(12-10-23)18-7-4-8-19(14-18)26-2/h3-8,13-15H,9-12H2,1-2H3,(H,22,25)/t15-/m1/s1. The molecule has 1 fully saturated rings. The number of ether oxygens (including phenoxy) is 1. The summed E-state index contributed by atoms with van der Waals surface area (Å²) in [5, 5.41) is 3.56. The van der Waals surface area contributed by atoms with E-state index < -0.39 is 0 Å². The van der Waals surface area contributed by atoms with Crippen molar-refractivity contribution in [3.8, 4) is 5.75 Å².